The second-order valence-electron chi connectivity index (χ2n) is 5.87. The Hall–Kier alpha value is -2.12. The summed E-state index contributed by atoms with van der Waals surface area (Å²) in [4.78, 5) is 0. The lowest BCUT2D eigenvalue weighted by Crippen LogP contribution is -2.12. The zero-order chi connectivity index (χ0) is 19.2. The summed E-state index contributed by atoms with van der Waals surface area (Å²) in [5.41, 5.74) is 0.897. The summed E-state index contributed by atoms with van der Waals surface area (Å²) < 4.78 is 22.3. The van der Waals surface area contributed by atoms with Gasteiger partial charge in [0.05, 0.1) is 0 Å². The van der Waals surface area contributed by atoms with Crippen LogP contribution < -0.4 is 4.74 Å². The molecule has 1 aromatic heterocycles. The van der Waals surface area contributed by atoms with Gasteiger partial charge in [0.1, 0.15) is 11.6 Å². The summed E-state index contributed by atoms with van der Waals surface area (Å²) in [5, 5.41) is 9.36. The lowest BCUT2D eigenvalue weighted by Gasteiger charge is -2.15. The molecule has 1 unspecified atom stereocenters. The van der Waals surface area contributed by atoms with Crippen LogP contribution in [-0.4, -0.2) is 14.8 Å². The Balaban J connectivity index is 1.75. The molecule has 2 aromatic carbocycles. The van der Waals surface area contributed by atoms with Gasteiger partial charge in [-0.05, 0) is 48.9 Å². The Morgan fingerprint density at radius 2 is 2.04 bits per heavy atom. The average Bonchev–Trinajstić information content (AvgIpc) is 3.05. The normalized spacial score (nSPS) is 12.0. The summed E-state index contributed by atoms with van der Waals surface area (Å²) in [6.07, 6.45) is 1.52. The molecule has 1 heterocycles. The molecule has 27 heavy (non-hydrogen) atoms. The maximum Gasteiger partial charge on any atom is 0.191 e. The molecular weight excluding hydrogens is 429 g/mol. The SMILES string of the molecule is C=CCn1c(SCc2cccc(F)c2)nnc1C(C)Oc1ccc(Br)cc1. The molecule has 0 aliphatic heterocycles. The molecular formula is C20H19BrFN3OS. The highest BCUT2D eigenvalue weighted by Gasteiger charge is 2.19. The van der Waals surface area contributed by atoms with Crippen LogP contribution in [0.25, 0.3) is 0 Å². The van der Waals surface area contributed by atoms with Crippen LogP contribution in [0.4, 0.5) is 4.39 Å². The van der Waals surface area contributed by atoms with Gasteiger partial charge in [0.2, 0.25) is 0 Å². The van der Waals surface area contributed by atoms with Crippen LogP contribution in [0, 0.1) is 5.82 Å². The van der Waals surface area contributed by atoms with E-state index in [1.807, 2.05) is 41.8 Å². The van der Waals surface area contributed by atoms with Crippen molar-refractivity contribution in [2.45, 2.75) is 30.5 Å². The number of rotatable bonds is 8. The third-order valence-corrected chi connectivity index (χ3v) is 5.37. The van der Waals surface area contributed by atoms with E-state index in [0.29, 0.717) is 12.3 Å². The molecule has 0 aliphatic rings. The molecule has 0 bridgehead atoms. The van der Waals surface area contributed by atoms with Crippen molar-refractivity contribution in [1.82, 2.24) is 14.8 Å². The van der Waals surface area contributed by atoms with Crippen molar-refractivity contribution in [3.8, 4) is 5.75 Å². The minimum atomic E-state index is -0.276. The van der Waals surface area contributed by atoms with Gasteiger partial charge in [-0.1, -0.05) is 45.9 Å². The van der Waals surface area contributed by atoms with Crippen LogP contribution in [0.5, 0.6) is 5.75 Å². The van der Waals surface area contributed by atoms with E-state index in [4.69, 9.17) is 4.74 Å². The van der Waals surface area contributed by atoms with E-state index in [1.54, 1.807) is 12.1 Å². The highest BCUT2D eigenvalue weighted by Crippen LogP contribution is 2.27. The predicted octanol–water partition coefficient (Wildman–Crippen LogP) is 5.80. The van der Waals surface area contributed by atoms with Crippen molar-refractivity contribution < 1.29 is 9.13 Å². The fraction of sp³-hybridized carbons (Fsp3) is 0.200. The van der Waals surface area contributed by atoms with Crippen LogP contribution in [0.1, 0.15) is 24.4 Å². The van der Waals surface area contributed by atoms with Gasteiger partial charge in [0.15, 0.2) is 17.1 Å². The van der Waals surface area contributed by atoms with E-state index in [2.05, 4.69) is 32.7 Å². The van der Waals surface area contributed by atoms with Crippen molar-refractivity contribution in [3.63, 3.8) is 0 Å². The molecule has 0 radical (unpaired) electrons. The second kappa shape index (κ2) is 9.19. The topological polar surface area (TPSA) is 39.9 Å². The molecule has 3 rings (SSSR count). The number of allylic oxidation sites excluding steroid dienone is 1. The van der Waals surface area contributed by atoms with Crippen molar-refractivity contribution in [2.75, 3.05) is 0 Å². The Morgan fingerprint density at radius 1 is 1.26 bits per heavy atom. The fourth-order valence-corrected chi connectivity index (χ4v) is 3.71. The smallest absolute Gasteiger partial charge is 0.191 e. The summed E-state index contributed by atoms with van der Waals surface area (Å²) in [7, 11) is 0. The molecule has 0 saturated heterocycles. The number of aromatic nitrogens is 3. The van der Waals surface area contributed by atoms with Crippen LogP contribution in [-0.2, 0) is 12.3 Å². The second-order valence-corrected chi connectivity index (χ2v) is 7.73. The molecule has 1 atom stereocenters. The Kier molecular flexibility index (Phi) is 6.68. The molecule has 3 aromatic rings. The van der Waals surface area contributed by atoms with E-state index in [9.17, 15) is 4.39 Å². The third-order valence-electron chi connectivity index (χ3n) is 3.80. The standard InChI is InChI=1S/C20H19BrFN3OS/c1-3-11-25-19(14(2)26-18-9-7-16(21)8-10-18)23-24-20(25)27-13-15-5-4-6-17(22)12-15/h3-10,12,14H,1,11,13H2,2H3. The minimum absolute atomic E-state index is 0.238. The molecule has 0 N–H and O–H groups in total. The number of nitrogens with zero attached hydrogens (tertiary/aromatic N) is 3. The number of benzene rings is 2. The summed E-state index contributed by atoms with van der Waals surface area (Å²) in [6.45, 7) is 6.33. The molecule has 0 aliphatic carbocycles. The predicted molar refractivity (Wildman–Crippen MR) is 109 cm³/mol. The van der Waals surface area contributed by atoms with Crippen molar-refractivity contribution in [1.29, 1.82) is 0 Å². The van der Waals surface area contributed by atoms with Crippen molar-refractivity contribution in [2.24, 2.45) is 0 Å². The molecule has 0 saturated carbocycles. The monoisotopic (exact) mass is 447 g/mol. The van der Waals surface area contributed by atoms with Gasteiger partial charge < -0.3 is 4.74 Å². The third kappa shape index (κ3) is 5.20. The fourth-order valence-electron chi connectivity index (χ4n) is 2.55. The van der Waals surface area contributed by atoms with Crippen LogP contribution in [0.15, 0.2) is 70.8 Å². The molecule has 7 heteroatoms. The van der Waals surface area contributed by atoms with E-state index in [1.165, 1.54) is 23.9 Å². The van der Waals surface area contributed by atoms with Crippen LogP contribution in [0.3, 0.4) is 0 Å². The first-order valence-electron chi connectivity index (χ1n) is 8.40. The lowest BCUT2D eigenvalue weighted by molar-refractivity contribution is 0.210. The Bertz CT molecular complexity index is 914. The number of thioether (sulfide) groups is 1. The highest BCUT2D eigenvalue weighted by atomic mass is 79.9. The van der Waals surface area contributed by atoms with E-state index in [0.717, 1.165) is 26.8 Å². The first-order valence-corrected chi connectivity index (χ1v) is 10.2. The van der Waals surface area contributed by atoms with Gasteiger partial charge in [-0.15, -0.1) is 16.8 Å². The van der Waals surface area contributed by atoms with Gasteiger partial charge in [0, 0.05) is 16.8 Å². The average molecular weight is 448 g/mol. The van der Waals surface area contributed by atoms with Crippen molar-refractivity contribution >= 4 is 27.7 Å². The van der Waals surface area contributed by atoms with Gasteiger partial charge in [-0.2, -0.15) is 0 Å². The Labute approximate surface area is 170 Å². The summed E-state index contributed by atoms with van der Waals surface area (Å²) >= 11 is 4.92. The van der Waals surface area contributed by atoms with Gasteiger partial charge in [-0.25, -0.2) is 4.39 Å². The molecule has 140 valence electrons. The molecule has 4 nitrogen and oxygen atoms in total. The van der Waals surface area contributed by atoms with E-state index >= 15 is 0 Å². The quantitative estimate of drug-likeness (QED) is 0.323. The first-order chi connectivity index (χ1) is 13.1. The summed E-state index contributed by atoms with van der Waals surface area (Å²) in [5.74, 6) is 1.85. The van der Waals surface area contributed by atoms with Crippen molar-refractivity contribution in [3.05, 3.63) is 82.9 Å². The highest BCUT2D eigenvalue weighted by molar-refractivity contribution is 9.10. The van der Waals surface area contributed by atoms with E-state index in [-0.39, 0.29) is 11.9 Å². The lowest BCUT2D eigenvalue weighted by atomic mass is 10.2. The Morgan fingerprint density at radius 3 is 2.74 bits per heavy atom. The number of halogens is 2. The van der Waals surface area contributed by atoms with Gasteiger partial charge in [-0.3, -0.25) is 4.57 Å². The summed E-state index contributed by atoms with van der Waals surface area (Å²) in [6, 6.07) is 14.2. The zero-order valence-electron chi connectivity index (χ0n) is 14.8. The zero-order valence-corrected chi connectivity index (χ0v) is 17.2. The largest absolute Gasteiger partial charge is 0.483 e. The van der Waals surface area contributed by atoms with Crippen LogP contribution in [0.2, 0.25) is 0 Å². The van der Waals surface area contributed by atoms with Gasteiger partial charge in [0.25, 0.3) is 0 Å². The number of hydrogen-bond acceptors (Lipinski definition) is 4. The molecule has 0 spiro atoms. The molecule has 0 amide bonds. The first kappa shape index (κ1) is 19.6. The van der Waals surface area contributed by atoms with Crippen LogP contribution >= 0.6 is 27.7 Å². The maximum absolute atomic E-state index is 13.4. The minimum Gasteiger partial charge on any atom is -0.483 e. The van der Waals surface area contributed by atoms with E-state index < -0.39 is 0 Å². The van der Waals surface area contributed by atoms with Gasteiger partial charge >= 0.3 is 0 Å². The molecule has 0 fully saturated rings. The number of ether oxygens (including phenoxy) is 1. The number of hydrogen-bond donors (Lipinski definition) is 0. The maximum atomic E-state index is 13.4.